The second kappa shape index (κ2) is 14.8. The van der Waals surface area contributed by atoms with Crippen molar-refractivity contribution in [1.29, 1.82) is 0 Å². The number of nitrogen functional groups attached to an aromatic ring is 1. The fourth-order valence-corrected chi connectivity index (χ4v) is 5.15. The molecule has 0 bridgehead atoms. The predicted octanol–water partition coefficient (Wildman–Crippen LogP) is 4.67. The van der Waals surface area contributed by atoms with Gasteiger partial charge in [-0.3, -0.25) is 4.79 Å². The number of amides is 2. The molecule has 1 unspecified atom stereocenters. The van der Waals surface area contributed by atoms with Gasteiger partial charge >= 0.3 is 6.09 Å². The molecular weight excluding hydrogens is 492 g/mol. The van der Waals surface area contributed by atoms with Crippen LogP contribution in [0.5, 0.6) is 0 Å². The number of methoxy groups -OCH3 is 1. The lowest BCUT2D eigenvalue weighted by Crippen LogP contribution is -2.42. The summed E-state index contributed by atoms with van der Waals surface area (Å²) in [5.74, 6) is 0.477. The largest absolute Gasteiger partial charge is 0.453 e. The van der Waals surface area contributed by atoms with E-state index in [2.05, 4.69) is 20.7 Å². The van der Waals surface area contributed by atoms with Crippen molar-refractivity contribution < 1.29 is 19.1 Å². The summed E-state index contributed by atoms with van der Waals surface area (Å²) in [5, 5.41) is 9.60. The van der Waals surface area contributed by atoms with Crippen molar-refractivity contribution in [3.8, 4) is 0 Å². The van der Waals surface area contributed by atoms with E-state index in [1.165, 1.54) is 39.2 Å². The van der Waals surface area contributed by atoms with Crippen molar-refractivity contribution in [1.82, 2.24) is 16.0 Å². The first-order chi connectivity index (χ1) is 17.9. The number of nitrogens with two attached hydrogens (primary N) is 1. The molecule has 0 aliphatic heterocycles. The van der Waals surface area contributed by atoms with Crippen molar-refractivity contribution in [2.75, 3.05) is 39.6 Å². The number of anilines is 1. The summed E-state index contributed by atoms with van der Waals surface area (Å²) in [7, 11) is 3.21. The minimum atomic E-state index is -0.538. The van der Waals surface area contributed by atoms with Crippen molar-refractivity contribution in [2.45, 2.75) is 50.7 Å². The minimum absolute atomic E-state index is 0.0369. The first-order valence-electron chi connectivity index (χ1n) is 12.9. The second-order valence-corrected chi connectivity index (χ2v) is 10.0. The van der Waals surface area contributed by atoms with Gasteiger partial charge in [-0.1, -0.05) is 55.8 Å². The van der Waals surface area contributed by atoms with Gasteiger partial charge < -0.3 is 31.2 Å². The first kappa shape index (κ1) is 28.8. The minimum Gasteiger partial charge on any atom is -0.453 e. The number of nitrogens with one attached hydrogen (secondary N) is 3. The fraction of sp³-hybridized carbons (Fsp3) is 0.500. The Hall–Kier alpha value is -2.81. The molecule has 0 saturated heterocycles. The Morgan fingerprint density at radius 1 is 1.11 bits per heavy atom. The third kappa shape index (κ3) is 9.22. The van der Waals surface area contributed by atoms with Gasteiger partial charge in [0.25, 0.3) is 5.91 Å². The average molecular weight is 531 g/mol. The van der Waals surface area contributed by atoms with E-state index in [0.29, 0.717) is 28.7 Å². The summed E-state index contributed by atoms with van der Waals surface area (Å²) in [4.78, 5) is 24.7. The summed E-state index contributed by atoms with van der Waals surface area (Å²) in [5.41, 5.74) is 8.72. The van der Waals surface area contributed by atoms with E-state index >= 15 is 0 Å². The molecule has 2 amide bonds. The average Bonchev–Trinajstić information content (AvgIpc) is 2.88. The van der Waals surface area contributed by atoms with Crippen LogP contribution in [-0.2, 0) is 9.47 Å². The van der Waals surface area contributed by atoms with Crippen LogP contribution in [0, 0.1) is 5.92 Å². The lowest BCUT2D eigenvalue weighted by molar-refractivity contribution is 0.0804. The maximum atomic E-state index is 13.3. The Balaban J connectivity index is 1.78. The number of carbonyl (C=O) groups excluding carboxylic acids is 2. The number of likely N-dealkylation sites (N-methyl/N-ethyl adjacent to an activating group) is 1. The molecule has 8 nitrogen and oxygen atoms in total. The highest BCUT2D eigenvalue weighted by Crippen LogP contribution is 2.31. The van der Waals surface area contributed by atoms with Crippen LogP contribution >= 0.6 is 11.6 Å². The lowest BCUT2D eigenvalue weighted by Gasteiger charge is -2.27. The maximum Gasteiger partial charge on any atom is 0.406 e. The number of hydrogen-bond donors (Lipinski definition) is 4. The molecule has 0 spiro atoms. The van der Waals surface area contributed by atoms with E-state index < -0.39 is 12.2 Å². The molecule has 2 aromatic carbocycles. The number of benzene rings is 2. The normalized spacial score (nSPS) is 15.5. The van der Waals surface area contributed by atoms with Crippen LogP contribution in [0.3, 0.4) is 0 Å². The van der Waals surface area contributed by atoms with Gasteiger partial charge in [-0.05, 0) is 60.8 Å². The molecule has 37 heavy (non-hydrogen) atoms. The molecule has 0 radical (unpaired) electrons. The Kier molecular flexibility index (Phi) is 11.5. The zero-order valence-electron chi connectivity index (χ0n) is 21.7. The Bertz CT molecular complexity index is 1030. The van der Waals surface area contributed by atoms with Gasteiger partial charge in [0, 0.05) is 35.4 Å². The molecule has 2 aromatic rings. The van der Waals surface area contributed by atoms with Crippen molar-refractivity contribution >= 4 is 29.3 Å². The molecule has 202 valence electrons. The summed E-state index contributed by atoms with van der Waals surface area (Å²) in [6.45, 7) is 1.18. The zero-order chi connectivity index (χ0) is 26.6. The molecule has 1 saturated carbocycles. The molecular formula is C28H39ClN4O4. The summed E-state index contributed by atoms with van der Waals surface area (Å²) >= 11 is 6.25. The van der Waals surface area contributed by atoms with E-state index in [-0.39, 0.29) is 25.1 Å². The van der Waals surface area contributed by atoms with Crippen LogP contribution in [0.1, 0.15) is 66.1 Å². The summed E-state index contributed by atoms with van der Waals surface area (Å²) in [6, 6.07) is 12.7. The monoisotopic (exact) mass is 530 g/mol. The molecule has 5 N–H and O–H groups in total. The highest BCUT2D eigenvalue weighted by Gasteiger charge is 2.22. The predicted molar refractivity (Wildman–Crippen MR) is 147 cm³/mol. The topological polar surface area (TPSA) is 115 Å². The Morgan fingerprint density at radius 2 is 1.89 bits per heavy atom. The van der Waals surface area contributed by atoms with Gasteiger partial charge in [0.15, 0.2) is 0 Å². The van der Waals surface area contributed by atoms with Crippen LogP contribution in [0.4, 0.5) is 10.5 Å². The Labute approximate surface area is 224 Å². The van der Waals surface area contributed by atoms with Crippen LogP contribution in [0.2, 0.25) is 5.02 Å². The number of carbonyl (C=O) groups is 2. The van der Waals surface area contributed by atoms with Crippen LogP contribution < -0.4 is 21.7 Å². The molecule has 9 heteroatoms. The number of hydrogen-bond acceptors (Lipinski definition) is 6. The number of halogens is 1. The van der Waals surface area contributed by atoms with E-state index in [9.17, 15) is 9.59 Å². The molecule has 0 aromatic heterocycles. The third-order valence-electron chi connectivity index (χ3n) is 6.66. The highest BCUT2D eigenvalue weighted by molar-refractivity contribution is 6.30. The first-order valence-corrected chi connectivity index (χ1v) is 13.3. The zero-order valence-corrected chi connectivity index (χ0v) is 22.5. The number of rotatable bonds is 12. The number of ether oxygens (including phenoxy) is 2. The third-order valence-corrected chi connectivity index (χ3v) is 6.90. The van der Waals surface area contributed by atoms with Crippen molar-refractivity contribution in [3.63, 3.8) is 0 Å². The van der Waals surface area contributed by atoms with Gasteiger partial charge in [0.05, 0.1) is 13.7 Å². The second-order valence-electron chi connectivity index (χ2n) is 9.58. The molecule has 1 aliphatic carbocycles. The lowest BCUT2D eigenvalue weighted by atomic mass is 9.84. The molecule has 3 rings (SSSR count). The maximum absolute atomic E-state index is 13.3. The van der Waals surface area contributed by atoms with E-state index in [1.54, 1.807) is 18.2 Å². The molecule has 0 heterocycles. The van der Waals surface area contributed by atoms with Crippen LogP contribution in [0.15, 0.2) is 42.5 Å². The standard InChI is InChI=1S/C28H39ClN4O4/c1-31-18-25(13-19-7-4-3-5-8-19)33-27(34)22-14-21(16-24(30)17-22)26(20-9-6-10-23(29)15-20)37-12-11-32-28(35)36-2/h6,9-10,14-17,19,25-26,31H,3-5,7-8,11-13,18,30H2,1-2H3,(H,32,35)(H,33,34)/t25-,26?/m0/s1. The molecule has 1 fully saturated rings. The van der Waals surface area contributed by atoms with Gasteiger partial charge in [-0.25, -0.2) is 4.79 Å². The van der Waals surface area contributed by atoms with Crippen LogP contribution in [0.25, 0.3) is 0 Å². The van der Waals surface area contributed by atoms with E-state index in [4.69, 9.17) is 22.1 Å². The molecule has 1 aliphatic rings. The summed E-state index contributed by atoms with van der Waals surface area (Å²) < 4.78 is 10.8. The molecule has 2 atom stereocenters. The van der Waals surface area contributed by atoms with Gasteiger partial charge in [-0.2, -0.15) is 0 Å². The highest BCUT2D eigenvalue weighted by atomic mass is 35.5. The van der Waals surface area contributed by atoms with Gasteiger partial charge in [0.2, 0.25) is 0 Å². The number of alkyl carbamates (subject to hydrolysis) is 1. The SMILES string of the molecule is CNC[C@H](CC1CCCCC1)NC(=O)c1cc(N)cc(C(OCCNC(=O)OC)c2cccc(Cl)c2)c1. The van der Waals surface area contributed by atoms with Crippen LogP contribution in [-0.4, -0.2) is 51.9 Å². The van der Waals surface area contributed by atoms with Gasteiger partial charge in [0.1, 0.15) is 6.10 Å². The Morgan fingerprint density at radius 3 is 2.59 bits per heavy atom. The van der Waals surface area contributed by atoms with Crippen molar-refractivity contribution in [3.05, 3.63) is 64.2 Å². The van der Waals surface area contributed by atoms with Crippen molar-refractivity contribution in [2.24, 2.45) is 5.92 Å². The smallest absolute Gasteiger partial charge is 0.406 e. The van der Waals surface area contributed by atoms with Gasteiger partial charge in [-0.15, -0.1) is 0 Å². The quantitative estimate of drug-likeness (QED) is 0.234. The van der Waals surface area contributed by atoms with E-state index in [1.807, 2.05) is 31.3 Å². The fourth-order valence-electron chi connectivity index (χ4n) is 4.95. The summed E-state index contributed by atoms with van der Waals surface area (Å²) in [6.07, 6.45) is 6.18. The van der Waals surface area contributed by atoms with E-state index in [0.717, 1.165) is 17.5 Å².